The monoisotopic (exact) mass is 248 g/mol. The van der Waals surface area contributed by atoms with E-state index in [0.717, 1.165) is 11.1 Å². The number of aromatic nitrogens is 3. The molecular weight excluding hydrogens is 236 g/mol. The van der Waals surface area contributed by atoms with Crippen molar-refractivity contribution in [3.05, 3.63) is 28.5 Å². The van der Waals surface area contributed by atoms with Gasteiger partial charge in [-0.3, -0.25) is 0 Å². The molecule has 17 heavy (non-hydrogen) atoms. The Balaban J connectivity index is 2.66. The van der Waals surface area contributed by atoms with Gasteiger partial charge in [0.25, 0.3) is 0 Å². The van der Waals surface area contributed by atoms with Crippen LogP contribution in [0.15, 0.2) is 18.2 Å². The van der Waals surface area contributed by atoms with E-state index in [1.165, 1.54) is 0 Å². The van der Waals surface area contributed by atoms with E-state index < -0.39 is 0 Å². The van der Waals surface area contributed by atoms with Crippen LogP contribution < -0.4 is 10.5 Å². The van der Waals surface area contributed by atoms with Gasteiger partial charge < -0.3 is 15.5 Å². The molecule has 0 amide bonds. The number of aryl methyl sites for hydroxylation is 1. The van der Waals surface area contributed by atoms with Crippen LogP contribution in [0.3, 0.4) is 0 Å². The summed E-state index contributed by atoms with van der Waals surface area (Å²) in [5.74, 6) is 1.51. The zero-order chi connectivity index (χ0) is 12.4. The average Bonchev–Trinajstić information content (AvgIpc) is 2.27. The summed E-state index contributed by atoms with van der Waals surface area (Å²) in [4.78, 5) is 10.8. The second kappa shape index (κ2) is 4.50. The number of rotatable bonds is 2. The lowest BCUT2D eigenvalue weighted by Gasteiger charge is -2.09. The Kier molecular flexibility index (Phi) is 3.06. The van der Waals surface area contributed by atoms with Crippen LogP contribution in [0.1, 0.15) is 5.56 Å². The third kappa shape index (κ3) is 2.42. The molecule has 0 radical (unpaired) electrons. The third-order valence-corrected chi connectivity index (χ3v) is 2.46. The van der Waals surface area contributed by atoms with E-state index in [4.69, 9.17) is 22.7 Å². The fourth-order valence-corrected chi connectivity index (χ4v) is 1.72. The molecule has 1 heterocycles. The van der Waals surface area contributed by atoms with Gasteiger partial charge in [0, 0.05) is 0 Å². The molecule has 0 fully saturated rings. The molecule has 0 saturated carbocycles. The molecule has 2 rings (SSSR count). The predicted octanol–water partition coefficient (Wildman–Crippen LogP) is 2.10. The topological polar surface area (TPSA) is 76.8 Å². The number of hydrogen-bond acceptors (Lipinski definition) is 5. The normalized spacial score (nSPS) is 10.2. The lowest BCUT2D eigenvalue weighted by molar-refractivity contribution is 0.416. The van der Waals surface area contributed by atoms with E-state index in [2.05, 4.69) is 15.0 Å². The first kappa shape index (κ1) is 11.5. The number of ether oxygens (including phenoxy) is 1. The molecule has 0 aliphatic heterocycles. The molecule has 0 saturated heterocycles. The van der Waals surface area contributed by atoms with E-state index in [0.29, 0.717) is 11.6 Å². The first-order chi connectivity index (χ1) is 8.10. The van der Waals surface area contributed by atoms with Gasteiger partial charge in [-0.15, -0.1) is 0 Å². The smallest absolute Gasteiger partial charge is 0.224 e. The van der Waals surface area contributed by atoms with E-state index in [1.54, 1.807) is 7.11 Å². The summed E-state index contributed by atoms with van der Waals surface area (Å²) in [5, 5.41) is 0. The molecule has 88 valence electrons. The second-order valence-corrected chi connectivity index (χ2v) is 3.93. The summed E-state index contributed by atoms with van der Waals surface area (Å²) in [6, 6.07) is 5.78. The highest BCUT2D eigenvalue weighted by molar-refractivity contribution is 7.71. The van der Waals surface area contributed by atoms with Crippen LogP contribution in [0.2, 0.25) is 0 Å². The van der Waals surface area contributed by atoms with Gasteiger partial charge in [0.1, 0.15) is 11.6 Å². The highest BCUT2D eigenvalue weighted by Gasteiger charge is 2.09. The number of hydrogen-bond donors (Lipinski definition) is 2. The lowest BCUT2D eigenvalue weighted by Crippen LogP contribution is -2.01. The summed E-state index contributed by atoms with van der Waals surface area (Å²) < 4.78 is 5.49. The molecule has 0 unspecified atom stereocenters. The molecule has 1 aromatic carbocycles. The van der Waals surface area contributed by atoms with Crippen molar-refractivity contribution in [1.29, 1.82) is 0 Å². The van der Waals surface area contributed by atoms with E-state index >= 15 is 0 Å². The fraction of sp³-hybridized carbons (Fsp3) is 0.182. The zero-order valence-electron chi connectivity index (χ0n) is 9.52. The van der Waals surface area contributed by atoms with Crippen LogP contribution in [-0.2, 0) is 0 Å². The largest absolute Gasteiger partial charge is 0.496 e. The van der Waals surface area contributed by atoms with Crippen molar-refractivity contribution in [2.45, 2.75) is 6.92 Å². The summed E-state index contributed by atoms with van der Waals surface area (Å²) in [5.41, 5.74) is 7.52. The molecule has 0 aliphatic rings. The van der Waals surface area contributed by atoms with Crippen LogP contribution in [0, 0.1) is 11.7 Å². The molecule has 0 bridgehead atoms. The van der Waals surface area contributed by atoms with Crippen molar-refractivity contribution in [1.82, 2.24) is 15.0 Å². The Morgan fingerprint density at radius 2 is 2.12 bits per heavy atom. The minimum atomic E-state index is 0.208. The Bertz CT molecular complexity index is 609. The molecule has 3 N–H and O–H groups in total. The number of anilines is 1. The minimum Gasteiger partial charge on any atom is -0.496 e. The second-order valence-electron chi connectivity index (χ2n) is 3.57. The molecule has 0 atom stereocenters. The summed E-state index contributed by atoms with van der Waals surface area (Å²) >= 11 is 4.94. The first-order valence-electron chi connectivity index (χ1n) is 4.99. The van der Waals surface area contributed by atoms with Crippen molar-refractivity contribution >= 4 is 18.2 Å². The van der Waals surface area contributed by atoms with Gasteiger partial charge in [-0.1, -0.05) is 11.6 Å². The van der Waals surface area contributed by atoms with Crippen molar-refractivity contribution in [3.63, 3.8) is 0 Å². The molecule has 1 aromatic heterocycles. The predicted molar refractivity (Wildman–Crippen MR) is 68.4 cm³/mol. The van der Waals surface area contributed by atoms with Crippen LogP contribution in [0.5, 0.6) is 5.75 Å². The highest BCUT2D eigenvalue weighted by Crippen LogP contribution is 2.28. The van der Waals surface area contributed by atoms with Crippen molar-refractivity contribution in [3.8, 4) is 17.1 Å². The molecule has 5 nitrogen and oxygen atoms in total. The van der Waals surface area contributed by atoms with Crippen LogP contribution in [0.25, 0.3) is 11.4 Å². The fourth-order valence-electron chi connectivity index (χ4n) is 1.54. The van der Waals surface area contributed by atoms with Crippen molar-refractivity contribution < 1.29 is 4.74 Å². The van der Waals surface area contributed by atoms with Crippen LogP contribution in [0.4, 0.5) is 5.95 Å². The molecule has 0 spiro atoms. The number of nitrogens with zero attached hydrogens (tertiary/aromatic N) is 2. The molecule has 6 heteroatoms. The van der Waals surface area contributed by atoms with Gasteiger partial charge in [0.15, 0.2) is 0 Å². The average molecular weight is 248 g/mol. The van der Waals surface area contributed by atoms with Gasteiger partial charge in [-0.2, -0.15) is 4.98 Å². The van der Waals surface area contributed by atoms with Crippen molar-refractivity contribution in [2.24, 2.45) is 0 Å². The molecular formula is C11H12N4OS. The number of methoxy groups -OCH3 is 1. The first-order valence-corrected chi connectivity index (χ1v) is 5.40. The number of benzene rings is 1. The van der Waals surface area contributed by atoms with Crippen LogP contribution >= 0.6 is 12.2 Å². The number of nitrogens with one attached hydrogen (secondary N) is 1. The molecule has 0 aliphatic carbocycles. The summed E-state index contributed by atoms with van der Waals surface area (Å²) in [6.07, 6.45) is 0. The van der Waals surface area contributed by atoms with Gasteiger partial charge >= 0.3 is 0 Å². The Labute approximate surface area is 104 Å². The van der Waals surface area contributed by atoms with E-state index in [1.807, 2.05) is 25.1 Å². The SMILES string of the molecule is COc1ccc(C)cc1-c1nc(=S)nc(N)[nH]1. The van der Waals surface area contributed by atoms with E-state index in [-0.39, 0.29) is 10.7 Å². The zero-order valence-corrected chi connectivity index (χ0v) is 10.3. The molecule has 2 aromatic rings. The summed E-state index contributed by atoms with van der Waals surface area (Å²) in [6.45, 7) is 1.99. The standard InChI is InChI=1S/C11H12N4OS/c1-6-3-4-8(16-2)7(5-6)9-13-10(12)15-11(17)14-9/h3-5H,1-2H3,(H3,12,13,14,15,17). The maximum absolute atomic E-state index is 5.61. The van der Waals surface area contributed by atoms with E-state index in [9.17, 15) is 0 Å². The Hall–Kier alpha value is -1.95. The maximum atomic E-state index is 5.61. The third-order valence-electron chi connectivity index (χ3n) is 2.28. The summed E-state index contributed by atoms with van der Waals surface area (Å²) in [7, 11) is 1.60. The van der Waals surface area contributed by atoms with Gasteiger partial charge in [0.05, 0.1) is 12.7 Å². The number of nitrogens with two attached hydrogens (primary N) is 1. The van der Waals surface area contributed by atoms with Gasteiger partial charge in [-0.05, 0) is 31.3 Å². The van der Waals surface area contributed by atoms with Crippen LogP contribution in [-0.4, -0.2) is 22.1 Å². The number of nitrogen functional groups attached to an aromatic ring is 1. The Morgan fingerprint density at radius 1 is 1.35 bits per heavy atom. The lowest BCUT2D eigenvalue weighted by atomic mass is 10.1. The number of H-pyrrole nitrogens is 1. The Morgan fingerprint density at radius 3 is 2.76 bits per heavy atom. The van der Waals surface area contributed by atoms with Gasteiger partial charge in [-0.25, -0.2) is 4.98 Å². The minimum absolute atomic E-state index is 0.208. The van der Waals surface area contributed by atoms with Gasteiger partial charge in [0.2, 0.25) is 10.7 Å². The number of aromatic amines is 1. The quantitative estimate of drug-likeness (QED) is 0.796. The van der Waals surface area contributed by atoms with Crippen molar-refractivity contribution in [2.75, 3.05) is 12.8 Å². The maximum Gasteiger partial charge on any atom is 0.224 e. The highest BCUT2D eigenvalue weighted by atomic mass is 32.1.